The van der Waals surface area contributed by atoms with E-state index >= 15 is 0 Å². The van der Waals surface area contributed by atoms with Gasteiger partial charge in [-0.3, -0.25) is 14.9 Å². The number of aryl methyl sites for hydroxylation is 1. The molecule has 0 radical (unpaired) electrons. The zero-order chi connectivity index (χ0) is 13.8. The molecule has 0 fully saturated rings. The van der Waals surface area contributed by atoms with Crippen LogP contribution in [0.25, 0.3) is 0 Å². The summed E-state index contributed by atoms with van der Waals surface area (Å²) in [5.74, 6) is -0.138. The minimum atomic E-state index is -0.549. The number of nitrogens with zero attached hydrogens (tertiary/aromatic N) is 1. The maximum Gasteiger partial charge on any atom is 0.310 e. The predicted octanol–water partition coefficient (Wildman–Crippen LogP) is 2.76. The van der Waals surface area contributed by atoms with Crippen LogP contribution in [0.5, 0.6) is 5.75 Å². The Hall–Kier alpha value is -2.63. The normalized spacial score (nSPS) is 10.2. The number of benzene rings is 1. The quantitative estimate of drug-likeness (QED) is 0.469. The number of rotatable bonds is 5. The van der Waals surface area contributed by atoms with Crippen LogP contribution < -0.4 is 4.74 Å². The number of carbonyl (C=O) groups excluding carboxylic acids is 1. The van der Waals surface area contributed by atoms with Gasteiger partial charge in [0.2, 0.25) is 5.78 Å². The lowest BCUT2D eigenvalue weighted by Gasteiger charge is -2.06. The van der Waals surface area contributed by atoms with Crippen LogP contribution in [-0.4, -0.2) is 17.3 Å². The van der Waals surface area contributed by atoms with Crippen LogP contribution in [0.3, 0.4) is 0 Å². The van der Waals surface area contributed by atoms with E-state index in [0.717, 1.165) is 5.56 Å². The summed E-state index contributed by atoms with van der Waals surface area (Å²) >= 11 is 0. The number of furan rings is 1. The second-order valence-electron chi connectivity index (χ2n) is 3.92. The lowest BCUT2D eigenvalue weighted by Crippen LogP contribution is -2.11. The Labute approximate surface area is 108 Å². The molecule has 0 bridgehead atoms. The monoisotopic (exact) mass is 261 g/mol. The number of hydrogen-bond acceptors (Lipinski definition) is 5. The highest BCUT2D eigenvalue weighted by Gasteiger charge is 2.17. The first kappa shape index (κ1) is 12.8. The third kappa shape index (κ3) is 2.98. The number of carbonyl (C=O) groups is 1. The fourth-order valence-corrected chi connectivity index (χ4v) is 1.54. The maximum absolute atomic E-state index is 11.7. The van der Waals surface area contributed by atoms with Crippen molar-refractivity contribution in [1.29, 1.82) is 0 Å². The molecule has 0 aliphatic heterocycles. The predicted molar refractivity (Wildman–Crippen MR) is 66.4 cm³/mol. The van der Waals surface area contributed by atoms with Gasteiger partial charge in [0.05, 0.1) is 11.2 Å². The molecule has 98 valence electrons. The highest BCUT2D eigenvalue weighted by atomic mass is 16.6. The topological polar surface area (TPSA) is 82.6 Å². The van der Waals surface area contributed by atoms with E-state index in [4.69, 9.17) is 9.15 Å². The molecule has 0 aliphatic rings. The third-order valence-corrected chi connectivity index (χ3v) is 2.47. The Morgan fingerprint density at radius 1 is 1.42 bits per heavy atom. The summed E-state index contributed by atoms with van der Waals surface area (Å²) in [4.78, 5) is 21.9. The minimum absolute atomic E-state index is 0.0740. The number of nitro benzene ring substituents is 1. The molecule has 6 heteroatoms. The van der Waals surface area contributed by atoms with Crippen LogP contribution in [0.2, 0.25) is 0 Å². The molecular weight excluding hydrogens is 250 g/mol. The van der Waals surface area contributed by atoms with Gasteiger partial charge in [-0.25, -0.2) is 0 Å². The first-order valence-corrected chi connectivity index (χ1v) is 5.52. The van der Waals surface area contributed by atoms with Crippen LogP contribution in [0, 0.1) is 17.0 Å². The number of ketones is 1. The molecule has 0 atom stereocenters. The van der Waals surface area contributed by atoms with E-state index in [1.807, 2.05) is 0 Å². The van der Waals surface area contributed by atoms with Crippen molar-refractivity contribution in [3.05, 3.63) is 58.0 Å². The van der Waals surface area contributed by atoms with Crippen molar-refractivity contribution in [3.63, 3.8) is 0 Å². The molecule has 0 spiro atoms. The van der Waals surface area contributed by atoms with Gasteiger partial charge in [0, 0.05) is 6.07 Å². The van der Waals surface area contributed by atoms with Gasteiger partial charge in [-0.2, -0.15) is 0 Å². The first-order chi connectivity index (χ1) is 9.08. The van der Waals surface area contributed by atoms with Gasteiger partial charge in [-0.1, -0.05) is 6.07 Å². The molecule has 0 amide bonds. The van der Waals surface area contributed by atoms with Gasteiger partial charge in [0.15, 0.2) is 18.1 Å². The van der Waals surface area contributed by atoms with E-state index < -0.39 is 4.92 Å². The highest BCUT2D eigenvalue weighted by molar-refractivity contribution is 5.94. The second kappa shape index (κ2) is 5.34. The molecule has 0 N–H and O–H groups in total. The van der Waals surface area contributed by atoms with Crippen molar-refractivity contribution >= 4 is 11.5 Å². The summed E-state index contributed by atoms with van der Waals surface area (Å²) in [5.41, 5.74) is 0.642. The largest absolute Gasteiger partial charge is 0.478 e. The summed E-state index contributed by atoms with van der Waals surface area (Å²) in [6.45, 7) is 1.47. The van der Waals surface area contributed by atoms with Gasteiger partial charge in [0.25, 0.3) is 0 Å². The number of Topliss-reactive ketones (excluding diaryl/α,β-unsaturated/α-hetero) is 1. The maximum atomic E-state index is 11.7. The molecule has 1 heterocycles. The molecule has 2 aromatic rings. The summed E-state index contributed by atoms with van der Waals surface area (Å²) in [6, 6.07) is 7.58. The first-order valence-electron chi connectivity index (χ1n) is 5.52. The van der Waals surface area contributed by atoms with Crippen molar-refractivity contribution in [1.82, 2.24) is 0 Å². The Balaban J connectivity index is 2.13. The highest BCUT2D eigenvalue weighted by Crippen LogP contribution is 2.27. The van der Waals surface area contributed by atoms with Crippen molar-refractivity contribution in [2.24, 2.45) is 0 Å². The summed E-state index contributed by atoms with van der Waals surface area (Å²) in [7, 11) is 0. The molecule has 19 heavy (non-hydrogen) atoms. The van der Waals surface area contributed by atoms with Gasteiger partial charge < -0.3 is 9.15 Å². The van der Waals surface area contributed by atoms with Crippen molar-refractivity contribution in [2.75, 3.05) is 6.61 Å². The molecule has 0 saturated carbocycles. The van der Waals surface area contributed by atoms with Crippen molar-refractivity contribution in [2.45, 2.75) is 6.92 Å². The van der Waals surface area contributed by atoms with Crippen LogP contribution in [-0.2, 0) is 0 Å². The fraction of sp³-hybridized carbons (Fsp3) is 0.154. The molecule has 1 aromatic heterocycles. The Morgan fingerprint density at radius 3 is 2.84 bits per heavy atom. The number of nitro groups is 1. The number of hydrogen-bond donors (Lipinski definition) is 0. The van der Waals surface area contributed by atoms with E-state index in [1.54, 1.807) is 19.1 Å². The van der Waals surface area contributed by atoms with E-state index in [0.29, 0.717) is 0 Å². The van der Waals surface area contributed by atoms with E-state index in [2.05, 4.69) is 0 Å². The zero-order valence-electron chi connectivity index (χ0n) is 10.2. The average Bonchev–Trinajstić information content (AvgIpc) is 2.89. The van der Waals surface area contributed by atoms with Crippen LogP contribution in [0.15, 0.2) is 41.0 Å². The van der Waals surface area contributed by atoms with E-state index in [9.17, 15) is 14.9 Å². The van der Waals surface area contributed by atoms with Gasteiger partial charge in [-0.15, -0.1) is 0 Å². The second-order valence-corrected chi connectivity index (χ2v) is 3.92. The zero-order valence-corrected chi connectivity index (χ0v) is 10.2. The summed E-state index contributed by atoms with van der Waals surface area (Å²) in [6.07, 6.45) is 1.38. The SMILES string of the molecule is Cc1ccc([N+](=O)[O-])c(OCC(=O)c2ccco2)c1. The van der Waals surface area contributed by atoms with Gasteiger partial charge >= 0.3 is 5.69 Å². The van der Waals surface area contributed by atoms with Crippen molar-refractivity contribution < 1.29 is 18.9 Å². The molecule has 0 unspecified atom stereocenters. The van der Waals surface area contributed by atoms with Gasteiger partial charge in [0.1, 0.15) is 0 Å². The minimum Gasteiger partial charge on any atom is -0.478 e. The van der Waals surface area contributed by atoms with Gasteiger partial charge in [-0.05, 0) is 30.7 Å². The van der Waals surface area contributed by atoms with E-state index in [-0.39, 0.29) is 29.6 Å². The molecule has 2 rings (SSSR count). The van der Waals surface area contributed by atoms with Crippen molar-refractivity contribution in [3.8, 4) is 5.75 Å². The smallest absolute Gasteiger partial charge is 0.310 e. The average molecular weight is 261 g/mol. The molecule has 0 saturated heterocycles. The molecular formula is C13H11NO5. The lowest BCUT2D eigenvalue weighted by molar-refractivity contribution is -0.385. The molecule has 0 aliphatic carbocycles. The molecule has 1 aromatic carbocycles. The number of ether oxygens (including phenoxy) is 1. The standard InChI is InChI=1S/C13H11NO5/c1-9-4-5-10(14(16)17)13(7-9)19-8-11(15)12-3-2-6-18-12/h2-7H,8H2,1H3. The van der Waals surface area contributed by atoms with Crippen LogP contribution in [0.4, 0.5) is 5.69 Å². The molecule has 6 nitrogen and oxygen atoms in total. The Bertz CT molecular complexity index is 604. The summed E-state index contributed by atoms with van der Waals surface area (Å²) < 4.78 is 10.1. The summed E-state index contributed by atoms with van der Waals surface area (Å²) in [5, 5.41) is 10.8. The fourth-order valence-electron chi connectivity index (χ4n) is 1.54. The Kier molecular flexibility index (Phi) is 3.61. The van der Waals surface area contributed by atoms with Crippen LogP contribution >= 0.6 is 0 Å². The Morgan fingerprint density at radius 2 is 2.21 bits per heavy atom. The lowest BCUT2D eigenvalue weighted by atomic mass is 10.2. The van der Waals surface area contributed by atoms with E-state index in [1.165, 1.54) is 24.5 Å². The third-order valence-electron chi connectivity index (χ3n) is 2.47. The van der Waals surface area contributed by atoms with Crippen LogP contribution in [0.1, 0.15) is 16.1 Å².